The number of aromatic nitrogens is 1. The molecule has 4 nitrogen and oxygen atoms in total. The summed E-state index contributed by atoms with van der Waals surface area (Å²) in [6.45, 7) is 0.232. The summed E-state index contributed by atoms with van der Waals surface area (Å²) in [5.41, 5.74) is 1.58. The summed E-state index contributed by atoms with van der Waals surface area (Å²) in [6.07, 6.45) is 1.12. The summed E-state index contributed by atoms with van der Waals surface area (Å²) in [6, 6.07) is 15.1. The van der Waals surface area contributed by atoms with Crippen molar-refractivity contribution in [3.8, 4) is 11.5 Å². The van der Waals surface area contributed by atoms with Gasteiger partial charge in [-0.05, 0) is 18.2 Å². The highest BCUT2D eigenvalue weighted by Crippen LogP contribution is 2.32. The zero-order valence-electron chi connectivity index (χ0n) is 11.2. The normalized spacial score (nSPS) is 16.9. The lowest BCUT2D eigenvalue weighted by atomic mass is 10.0. The first kappa shape index (κ1) is 12.0. The van der Waals surface area contributed by atoms with Crippen LogP contribution in [-0.4, -0.2) is 23.5 Å². The number of aromatic amines is 1. The van der Waals surface area contributed by atoms with Crippen molar-refractivity contribution in [3.63, 3.8) is 0 Å². The molecule has 0 saturated carbocycles. The number of benzene rings is 2. The Morgan fingerprint density at radius 2 is 1.81 bits per heavy atom. The molecule has 0 spiro atoms. The number of ether oxygens (including phenoxy) is 2. The molecule has 4 rings (SSSR count). The molecule has 1 aliphatic heterocycles. The Hall–Kier alpha value is -2.75. The number of ketones is 1. The van der Waals surface area contributed by atoms with Gasteiger partial charge in [-0.1, -0.05) is 30.3 Å². The van der Waals surface area contributed by atoms with Crippen LogP contribution in [0, 0.1) is 0 Å². The van der Waals surface area contributed by atoms with E-state index in [-0.39, 0.29) is 12.4 Å². The van der Waals surface area contributed by atoms with E-state index < -0.39 is 6.10 Å². The highest BCUT2D eigenvalue weighted by molar-refractivity contribution is 6.10. The molecule has 1 N–H and O–H groups in total. The predicted molar refractivity (Wildman–Crippen MR) is 79.0 cm³/mol. The van der Waals surface area contributed by atoms with E-state index in [9.17, 15) is 4.79 Å². The average molecular weight is 279 g/mol. The van der Waals surface area contributed by atoms with Gasteiger partial charge in [-0.2, -0.15) is 0 Å². The van der Waals surface area contributed by atoms with Gasteiger partial charge >= 0.3 is 0 Å². The summed E-state index contributed by atoms with van der Waals surface area (Å²) < 4.78 is 11.4. The molecule has 1 aromatic heterocycles. The lowest BCUT2D eigenvalue weighted by Gasteiger charge is -2.25. The minimum atomic E-state index is -0.612. The molecule has 0 aliphatic carbocycles. The van der Waals surface area contributed by atoms with Crippen LogP contribution in [0.15, 0.2) is 54.7 Å². The Balaban J connectivity index is 1.67. The highest BCUT2D eigenvalue weighted by Gasteiger charge is 2.29. The number of carbonyl (C=O) groups is 1. The molecule has 0 saturated heterocycles. The quantitative estimate of drug-likeness (QED) is 0.733. The fraction of sp³-hybridized carbons (Fsp3) is 0.118. The van der Waals surface area contributed by atoms with Crippen molar-refractivity contribution < 1.29 is 14.3 Å². The zero-order chi connectivity index (χ0) is 14.2. The van der Waals surface area contributed by atoms with Gasteiger partial charge in [0.2, 0.25) is 5.78 Å². The van der Waals surface area contributed by atoms with Crippen LogP contribution >= 0.6 is 0 Å². The van der Waals surface area contributed by atoms with Gasteiger partial charge in [-0.3, -0.25) is 4.79 Å². The van der Waals surface area contributed by atoms with Crippen molar-refractivity contribution in [1.82, 2.24) is 4.98 Å². The average Bonchev–Trinajstić information content (AvgIpc) is 2.98. The highest BCUT2D eigenvalue weighted by atomic mass is 16.6. The van der Waals surface area contributed by atoms with Gasteiger partial charge < -0.3 is 14.5 Å². The number of carbonyl (C=O) groups excluding carboxylic acids is 1. The van der Waals surface area contributed by atoms with E-state index in [1.54, 1.807) is 6.20 Å². The van der Waals surface area contributed by atoms with Gasteiger partial charge in [0, 0.05) is 22.7 Å². The maximum atomic E-state index is 12.7. The first-order chi connectivity index (χ1) is 10.3. The summed E-state index contributed by atoms with van der Waals surface area (Å²) in [5.74, 6) is 1.23. The van der Waals surface area contributed by atoms with E-state index in [1.807, 2.05) is 48.5 Å². The van der Waals surface area contributed by atoms with Crippen LogP contribution in [-0.2, 0) is 0 Å². The number of hydrogen-bond donors (Lipinski definition) is 1. The second-order valence-corrected chi connectivity index (χ2v) is 4.98. The summed E-state index contributed by atoms with van der Waals surface area (Å²) >= 11 is 0. The minimum absolute atomic E-state index is 0.0676. The molecule has 104 valence electrons. The van der Waals surface area contributed by atoms with Crippen LogP contribution in [0.25, 0.3) is 10.9 Å². The summed E-state index contributed by atoms with van der Waals surface area (Å²) in [5, 5.41) is 0.907. The van der Waals surface area contributed by atoms with Crippen molar-refractivity contribution in [2.24, 2.45) is 0 Å². The maximum absolute atomic E-state index is 12.7. The van der Waals surface area contributed by atoms with Crippen LogP contribution in [0.2, 0.25) is 0 Å². The lowest BCUT2D eigenvalue weighted by Crippen LogP contribution is -2.36. The molecule has 2 heterocycles. The van der Waals surface area contributed by atoms with Gasteiger partial charge in [0.1, 0.15) is 6.61 Å². The van der Waals surface area contributed by atoms with Crippen LogP contribution in [0.3, 0.4) is 0 Å². The fourth-order valence-electron chi connectivity index (χ4n) is 2.60. The zero-order valence-corrected chi connectivity index (χ0v) is 11.2. The number of hydrogen-bond acceptors (Lipinski definition) is 3. The van der Waals surface area contributed by atoms with E-state index in [0.29, 0.717) is 17.1 Å². The van der Waals surface area contributed by atoms with Gasteiger partial charge in [-0.25, -0.2) is 0 Å². The van der Waals surface area contributed by atoms with E-state index in [2.05, 4.69) is 4.98 Å². The number of fused-ring (bicyclic) bond motifs is 2. The Labute approximate surface area is 121 Å². The third-order valence-electron chi connectivity index (χ3n) is 3.66. The Kier molecular flexibility index (Phi) is 2.67. The van der Waals surface area contributed by atoms with E-state index in [0.717, 1.165) is 10.9 Å². The number of rotatable bonds is 2. The second kappa shape index (κ2) is 4.66. The number of para-hydroxylation sites is 3. The van der Waals surface area contributed by atoms with Gasteiger partial charge in [0.25, 0.3) is 0 Å². The van der Waals surface area contributed by atoms with Gasteiger partial charge in [0.15, 0.2) is 17.6 Å². The molecule has 0 amide bonds. The number of H-pyrrole nitrogens is 1. The standard InChI is InChI=1S/C17H13NO3/c19-17(12-9-18-13-6-2-1-5-11(12)13)16-10-20-14-7-3-4-8-15(14)21-16/h1-9,16,18H,10H2. The molecule has 0 bridgehead atoms. The maximum Gasteiger partial charge on any atom is 0.209 e. The molecule has 1 atom stereocenters. The largest absolute Gasteiger partial charge is 0.485 e. The van der Waals surface area contributed by atoms with Gasteiger partial charge in [0.05, 0.1) is 0 Å². The topological polar surface area (TPSA) is 51.3 Å². The van der Waals surface area contributed by atoms with Crippen molar-refractivity contribution >= 4 is 16.7 Å². The lowest BCUT2D eigenvalue weighted by molar-refractivity contribution is 0.0587. The van der Waals surface area contributed by atoms with Crippen LogP contribution in [0.4, 0.5) is 0 Å². The molecule has 1 unspecified atom stereocenters. The Morgan fingerprint density at radius 1 is 1.05 bits per heavy atom. The minimum Gasteiger partial charge on any atom is -0.485 e. The molecule has 2 aromatic carbocycles. The smallest absolute Gasteiger partial charge is 0.209 e. The molecular formula is C17H13NO3. The molecular weight excluding hydrogens is 266 g/mol. The first-order valence-electron chi connectivity index (χ1n) is 6.82. The second-order valence-electron chi connectivity index (χ2n) is 4.98. The SMILES string of the molecule is O=C(c1c[nH]c2ccccc12)C1COc2ccccc2O1. The van der Waals surface area contributed by atoms with E-state index in [1.165, 1.54) is 0 Å². The van der Waals surface area contributed by atoms with Gasteiger partial charge in [-0.15, -0.1) is 0 Å². The third kappa shape index (κ3) is 1.96. The van der Waals surface area contributed by atoms with Crippen molar-refractivity contribution in [1.29, 1.82) is 0 Å². The molecule has 1 aliphatic rings. The fourth-order valence-corrected chi connectivity index (χ4v) is 2.60. The monoisotopic (exact) mass is 279 g/mol. The molecule has 21 heavy (non-hydrogen) atoms. The third-order valence-corrected chi connectivity index (χ3v) is 3.66. The summed E-state index contributed by atoms with van der Waals surface area (Å²) in [4.78, 5) is 15.8. The Bertz CT molecular complexity index is 822. The van der Waals surface area contributed by atoms with Crippen LogP contribution in [0.1, 0.15) is 10.4 Å². The predicted octanol–water partition coefficient (Wildman–Crippen LogP) is 3.19. The first-order valence-corrected chi connectivity index (χ1v) is 6.82. The molecule has 3 aromatic rings. The van der Waals surface area contributed by atoms with E-state index in [4.69, 9.17) is 9.47 Å². The molecule has 4 heteroatoms. The number of Topliss-reactive ketones (excluding diaryl/α,β-unsaturated/α-hetero) is 1. The van der Waals surface area contributed by atoms with Crippen LogP contribution in [0.5, 0.6) is 11.5 Å². The molecule has 0 fully saturated rings. The van der Waals surface area contributed by atoms with Crippen molar-refractivity contribution in [2.45, 2.75) is 6.10 Å². The van der Waals surface area contributed by atoms with Crippen LogP contribution < -0.4 is 9.47 Å². The Morgan fingerprint density at radius 3 is 2.71 bits per heavy atom. The van der Waals surface area contributed by atoms with Crippen molar-refractivity contribution in [3.05, 3.63) is 60.3 Å². The van der Waals surface area contributed by atoms with E-state index >= 15 is 0 Å². The number of nitrogens with one attached hydrogen (secondary N) is 1. The van der Waals surface area contributed by atoms with Crippen molar-refractivity contribution in [2.75, 3.05) is 6.61 Å². The summed E-state index contributed by atoms with van der Waals surface area (Å²) in [7, 11) is 0. The molecule has 0 radical (unpaired) electrons.